The minimum atomic E-state index is -0.211. The first-order valence-electron chi connectivity index (χ1n) is 11.1. The van der Waals surface area contributed by atoms with Crippen molar-refractivity contribution in [3.05, 3.63) is 94.2 Å². The highest BCUT2D eigenvalue weighted by Gasteiger charge is 2.29. The van der Waals surface area contributed by atoms with Crippen molar-refractivity contribution in [3.63, 3.8) is 0 Å². The van der Waals surface area contributed by atoms with Crippen LogP contribution >= 0.6 is 11.6 Å². The molecule has 1 aliphatic rings. The van der Waals surface area contributed by atoms with Crippen LogP contribution in [0.15, 0.2) is 83.7 Å². The van der Waals surface area contributed by atoms with Crippen LogP contribution in [0.5, 0.6) is 0 Å². The Hall–Kier alpha value is -3.57. The van der Waals surface area contributed by atoms with E-state index in [4.69, 9.17) is 11.6 Å². The quantitative estimate of drug-likeness (QED) is 0.413. The molecule has 5 nitrogen and oxygen atoms in total. The summed E-state index contributed by atoms with van der Waals surface area (Å²) < 4.78 is 0. The molecule has 4 aromatic rings. The van der Waals surface area contributed by atoms with E-state index in [1.165, 1.54) is 0 Å². The normalized spacial score (nSPS) is 16.0. The lowest BCUT2D eigenvalue weighted by Crippen LogP contribution is -2.43. The molecule has 6 heteroatoms. The number of aromatic nitrogens is 1. The molecule has 1 fully saturated rings. The molecule has 0 aliphatic carbocycles. The highest BCUT2D eigenvalue weighted by Crippen LogP contribution is 2.37. The maximum Gasteiger partial charge on any atom is 0.272 e. The Labute approximate surface area is 197 Å². The molecular formula is C27H24ClN3O2. The van der Waals surface area contributed by atoms with Crippen LogP contribution in [0.25, 0.3) is 22.0 Å². The lowest BCUT2D eigenvalue weighted by atomic mass is 9.94. The Morgan fingerprint density at radius 2 is 1.73 bits per heavy atom. The number of hydrogen-bond acceptors (Lipinski definition) is 3. The highest BCUT2D eigenvalue weighted by molar-refractivity contribution is 6.31. The van der Waals surface area contributed by atoms with Crippen LogP contribution < -0.4 is 15.8 Å². The molecule has 1 aliphatic heterocycles. The summed E-state index contributed by atoms with van der Waals surface area (Å²) in [4.78, 5) is 31.4. The van der Waals surface area contributed by atoms with Crippen molar-refractivity contribution >= 4 is 39.8 Å². The van der Waals surface area contributed by atoms with E-state index < -0.39 is 0 Å². The van der Waals surface area contributed by atoms with Gasteiger partial charge in [-0.2, -0.15) is 0 Å². The Bertz CT molecular complexity index is 1350. The molecule has 2 N–H and O–H groups in total. The molecule has 0 bridgehead atoms. The van der Waals surface area contributed by atoms with Crippen LogP contribution in [0.4, 0.5) is 11.4 Å². The number of anilines is 2. The van der Waals surface area contributed by atoms with Gasteiger partial charge in [-0.1, -0.05) is 60.1 Å². The van der Waals surface area contributed by atoms with Crippen molar-refractivity contribution in [2.24, 2.45) is 5.92 Å². The van der Waals surface area contributed by atoms with Crippen LogP contribution in [0.1, 0.15) is 12.8 Å². The first-order chi connectivity index (χ1) is 16.1. The van der Waals surface area contributed by atoms with Gasteiger partial charge in [0.05, 0.1) is 5.92 Å². The van der Waals surface area contributed by atoms with Crippen LogP contribution in [0.3, 0.4) is 0 Å². The van der Waals surface area contributed by atoms with E-state index in [0.717, 1.165) is 40.6 Å². The van der Waals surface area contributed by atoms with Gasteiger partial charge in [-0.05, 0) is 48.7 Å². The number of halogens is 1. The predicted molar refractivity (Wildman–Crippen MR) is 135 cm³/mol. The van der Waals surface area contributed by atoms with Gasteiger partial charge in [-0.15, -0.1) is 0 Å². The summed E-state index contributed by atoms with van der Waals surface area (Å²) in [7, 11) is 0. The van der Waals surface area contributed by atoms with E-state index in [9.17, 15) is 9.59 Å². The predicted octanol–water partition coefficient (Wildman–Crippen LogP) is 5.70. The number of hydrogen-bond donors (Lipinski definition) is 2. The van der Waals surface area contributed by atoms with Crippen LogP contribution in [0.2, 0.25) is 5.02 Å². The van der Waals surface area contributed by atoms with E-state index in [1.54, 1.807) is 6.07 Å². The van der Waals surface area contributed by atoms with E-state index >= 15 is 0 Å². The van der Waals surface area contributed by atoms with E-state index in [2.05, 4.69) is 15.2 Å². The van der Waals surface area contributed by atoms with Gasteiger partial charge >= 0.3 is 0 Å². The lowest BCUT2D eigenvalue weighted by Gasteiger charge is -2.34. The summed E-state index contributed by atoms with van der Waals surface area (Å²) in [5.41, 5.74) is 3.74. The van der Waals surface area contributed by atoms with Gasteiger partial charge in [0.1, 0.15) is 5.69 Å². The van der Waals surface area contributed by atoms with Gasteiger partial charge in [0.2, 0.25) is 5.91 Å². The number of carbonyl (C=O) groups excluding carboxylic acids is 1. The maximum absolute atomic E-state index is 13.3. The highest BCUT2D eigenvalue weighted by atomic mass is 35.5. The zero-order valence-corrected chi connectivity index (χ0v) is 18.8. The molecule has 1 atom stereocenters. The molecule has 1 saturated heterocycles. The Balaban J connectivity index is 1.56. The van der Waals surface area contributed by atoms with E-state index in [0.29, 0.717) is 23.8 Å². The standard InChI is InChI=1S/C27H24ClN3O2/c28-20-13-14-23-22(16-20)24(18-8-3-1-4-9-18)25(27(33)30-23)31-15-7-10-19(17-31)26(32)29-21-11-5-2-6-12-21/h1-6,8-9,11-14,16,19H,7,10,15,17H2,(H,29,32)(H,30,33). The van der Waals surface area contributed by atoms with Crippen LogP contribution in [0, 0.1) is 5.92 Å². The summed E-state index contributed by atoms with van der Waals surface area (Å²) in [6.07, 6.45) is 1.61. The number of fused-ring (bicyclic) bond motifs is 1. The third kappa shape index (κ3) is 4.37. The maximum atomic E-state index is 13.3. The number of benzene rings is 3. The lowest BCUT2D eigenvalue weighted by molar-refractivity contribution is -0.120. The van der Waals surface area contributed by atoms with Crippen molar-refractivity contribution in [2.75, 3.05) is 23.3 Å². The first-order valence-corrected chi connectivity index (χ1v) is 11.5. The second-order valence-electron chi connectivity index (χ2n) is 8.37. The molecular weight excluding hydrogens is 434 g/mol. The number of rotatable bonds is 4. The molecule has 3 aromatic carbocycles. The minimum absolute atomic E-state index is 0.0209. The van der Waals surface area contributed by atoms with Gasteiger partial charge in [-0.3, -0.25) is 9.59 Å². The average molecular weight is 458 g/mol. The number of H-pyrrole nitrogens is 1. The molecule has 1 aromatic heterocycles. The fourth-order valence-corrected chi connectivity index (χ4v) is 4.79. The summed E-state index contributed by atoms with van der Waals surface area (Å²) in [5.74, 6) is -0.232. The molecule has 1 amide bonds. The molecule has 2 heterocycles. The second kappa shape index (κ2) is 9.12. The molecule has 5 rings (SSSR count). The summed E-state index contributed by atoms with van der Waals surface area (Å²) in [5, 5.41) is 4.51. The number of pyridine rings is 1. The number of piperidine rings is 1. The zero-order chi connectivity index (χ0) is 22.8. The summed E-state index contributed by atoms with van der Waals surface area (Å²) in [6, 6.07) is 24.9. The monoisotopic (exact) mass is 457 g/mol. The van der Waals surface area contributed by atoms with Crippen molar-refractivity contribution in [1.29, 1.82) is 0 Å². The third-order valence-electron chi connectivity index (χ3n) is 6.16. The first kappa shape index (κ1) is 21.3. The average Bonchev–Trinajstić information content (AvgIpc) is 2.85. The van der Waals surface area contributed by atoms with Gasteiger partial charge in [0, 0.05) is 40.3 Å². The smallest absolute Gasteiger partial charge is 0.272 e. The van der Waals surface area contributed by atoms with Gasteiger partial charge in [0.25, 0.3) is 5.56 Å². The van der Waals surface area contributed by atoms with Crippen molar-refractivity contribution in [3.8, 4) is 11.1 Å². The largest absolute Gasteiger partial charge is 0.366 e. The summed E-state index contributed by atoms with van der Waals surface area (Å²) >= 11 is 6.34. The minimum Gasteiger partial charge on any atom is -0.366 e. The van der Waals surface area contributed by atoms with E-state index in [-0.39, 0.29) is 17.4 Å². The van der Waals surface area contributed by atoms with Gasteiger partial charge < -0.3 is 15.2 Å². The number of para-hydroxylation sites is 1. The summed E-state index contributed by atoms with van der Waals surface area (Å²) in [6.45, 7) is 1.19. The third-order valence-corrected chi connectivity index (χ3v) is 6.40. The molecule has 0 saturated carbocycles. The second-order valence-corrected chi connectivity index (χ2v) is 8.81. The number of amides is 1. The number of carbonyl (C=O) groups is 1. The SMILES string of the molecule is O=C(Nc1ccccc1)C1CCCN(c2c(-c3ccccc3)c3cc(Cl)ccc3[nH]c2=O)C1. The fourth-order valence-electron chi connectivity index (χ4n) is 4.61. The molecule has 33 heavy (non-hydrogen) atoms. The van der Waals surface area contributed by atoms with Crippen LogP contribution in [-0.4, -0.2) is 24.0 Å². The molecule has 0 spiro atoms. The molecule has 1 unspecified atom stereocenters. The van der Waals surface area contributed by atoms with E-state index in [1.807, 2.05) is 72.8 Å². The number of nitrogens with one attached hydrogen (secondary N) is 2. The Morgan fingerprint density at radius 1 is 1.00 bits per heavy atom. The molecule has 0 radical (unpaired) electrons. The van der Waals surface area contributed by atoms with Gasteiger partial charge in [-0.25, -0.2) is 0 Å². The topological polar surface area (TPSA) is 65.2 Å². The van der Waals surface area contributed by atoms with Crippen molar-refractivity contribution in [2.45, 2.75) is 12.8 Å². The van der Waals surface area contributed by atoms with Crippen molar-refractivity contribution < 1.29 is 4.79 Å². The number of nitrogens with zero attached hydrogens (tertiary/aromatic N) is 1. The fraction of sp³-hybridized carbons (Fsp3) is 0.185. The zero-order valence-electron chi connectivity index (χ0n) is 18.1. The van der Waals surface area contributed by atoms with Crippen molar-refractivity contribution in [1.82, 2.24) is 4.98 Å². The Morgan fingerprint density at radius 3 is 2.48 bits per heavy atom. The Kier molecular flexibility index (Phi) is 5.88. The number of aromatic amines is 1. The van der Waals surface area contributed by atoms with Crippen LogP contribution in [-0.2, 0) is 4.79 Å². The van der Waals surface area contributed by atoms with Gasteiger partial charge in [0.15, 0.2) is 0 Å². The molecule has 166 valence electrons.